The van der Waals surface area contributed by atoms with Crippen LogP contribution in [0.5, 0.6) is 5.75 Å². The van der Waals surface area contributed by atoms with Crippen LogP contribution >= 0.6 is 34.3 Å². The standard InChI is InChI=1S/C12H12ClNO3S2/c1-17-8-4-5-18-11(8)12(16)14-6-7(15)9-2-3-10(13)19-9/h2-5,7,15H,6H2,1H3,(H,14,16)/t7-/m1/s1. The number of ether oxygens (including phenoxy) is 1. The van der Waals surface area contributed by atoms with E-state index in [0.717, 1.165) is 4.88 Å². The van der Waals surface area contributed by atoms with E-state index in [9.17, 15) is 9.90 Å². The van der Waals surface area contributed by atoms with Gasteiger partial charge in [0.05, 0.1) is 11.4 Å². The summed E-state index contributed by atoms with van der Waals surface area (Å²) in [5.41, 5.74) is 0. The van der Waals surface area contributed by atoms with Gasteiger partial charge in [-0.05, 0) is 23.6 Å². The molecule has 0 bridgehead atoms. The minimum absolute atomic E-state index is 0.136. The molecule has 1 amide bonds. The Labute approximate surface area is 123 Å². The first kappa shape index (κ1) is 14.3. The van der Waals surface area contributed by atoms with E-state index in [-0.39, 0.29) is 12.5 Å². The van der Waals surface area contributed by atoms with E-state index in [4.69, 9.17) is 16.3 Å². The molecule has 2 heterocycles. The lowest BCUT2D eigenvalue weighted by Crippen LogP contribution is -2.27. The summed E-state index contributed by atoms with van der Waals surface area (Å²) >= 11 is 8.38. The quantitative estimate of drug-likeness (QED) is 0.891. The van der Waals surface area contributed by atoms with Crippen molar-refractivity contribution in [3.63, 3.8) is 0 Å². The average molecular weight is 318 g/mol. The first-order valence-corrected chi connectivity index (χ1v) is 7.52. The number of carbonyl (C=O) groups excluding carboxylic acids is 1. The average Bonchev–Trinajstić information content (AvgIpc) is 3.03. The summed E-state index contributed by atoms with van der Waals surface area (Å²) in [6, 6.07) is 5.19. The molecule has 7 heteroatoms. The van der Waals surface area contributed by atoms with Crippen molar-refractivity contribution in [2.75, 3.05) is 13.7 Å². The van der Waals surface area contributed by atoms with E-state index in [1.54, 1.807) is 23.6 Å². The van der Waals surface area contributed by atoms with Crippen molar-refractivity contribution in [2.45, 2.75) is 6.10 Å². The number of hydrogen-bond donors (Lipinski definition) is 2. The lowest BCUT2D eigenvalue weighted by molar-refractivity contribution is 0.0919. The van der Waals surface area contributed by atoms with Gasteiger partial charge >= 0.3 is 0 Å². The minimum Gasteiger partial charge on any atom is -0.495 e. The van der Waals surface area contributed by atoms with Crippen molar-refractivity contribution in [3.05, 3.63) is 37.7 Å². The van der Waals surface area contributed by atoms with Crippen LogP contribution in [0.3, 0.4) is 0 Å². The summed E-state index contributed by atoms with van der Waals surface area (Å²) in [5, 5.41) is 14.4. The fourth-order valence-corrected chi connectivity index (χ4v) is 3.32. The molecule has 19 heavy (non-hydrogen) atoms. The number of methoxy groups -OCH3 is 1. The van der Waals surface area contributed by atoms with Crippen LogP contribution in [0.1, 0.15) is 20.7 Å². The maximum Gasteiger partial charge on any atom is 0.265 e. The predicted molar refractivity (Wildman–Crippen MR) is 77.5 cm³/mol. The SMILES string of the molecule is COc1ccsc1C(=O)NC[C@@H](O)c1ccc(Cl)s1. The van der Waals surface area contributed by atoms with Crippen LogP contribution < -0.4 is 10.1 Å². The predicted octanol–water partition coefficient (Wildman–Crippen LogP) is 2.94. The van der Waals surface area contributed by atoms with Gasteiger partial charge in [0.25, 0.3) is 5.91 Å². The molecule has 0 radical (unpaired) electrons. The van der Waals surface area contributed by atoms with Gasteiger partial charge in [0.1, 0.15) is 16.7 Å². The number of rotatable bonds is 5. The molecule has 4 nitrogen and oxygen atoms in total. The van der Waals surface area contributed by atoms with Gasteiger partial charge in [0.15, 0.2) is 0 Å². The summed E-state index contributed by atoms with van der Waals surface area (Å²) in [5.74, 6) is 0.282. The Morgan fingerprint density at radius 2 is 2.32 bits per heavy atom. The Balaban J connectivity index is 1.93. The van der Waals surface area contributed by atoms with E-state index in [1.807, 2.05) is 0 Å². The molecular formula is C12H12ClNO3S2. The number of aliphatic hydroxyl groups is 1. The van der Waals surface area contributed by atoms with Crippen molar-refractivity contribution < 1.29 is 14.6 Å². The molecule has 2 N–H and O–H groups in total. The Hall–Kier alpha value is -1.08. The Bertz CT molecular complexity index is 567. The maximum atomic E-state index is 11.9. The zero-order chi connectivity index (χ0) is 13.8. The van der Waals surface area contributed by atoms with Crippen LogP contribution in [-0.4, -0.2) is 24.7 Å². The van der Waals surface area contributed by atoms with Gasteiger partial charge in [-0.1, -0.05) is 11.6 Å². The second-order valence-corrected chi connectivity index (χ2v) is 6.35. The molecular weight excluding hydrogens is 306 g/mol. The van der Waals surface area contributed by atoms with Crippen molar-refractivity contribution in [3.8, 4) is 5.75 Å². The number of carbonyl (C=O) groups is 1. The molecule has 0 fully saturated rings. The van der Waals surface area contributed by atoms with Gasteiger partial charge in [-0.2, -0.15) is 0 Å². The second kappa shape index (κ2) is 6.38. The van der Waals surface area contributed by atoms with E-state index in [2.05, 4.69) is 5.32 Å². The maximum absolute atomic E-state index is 11.9. The number of nitrogens with one attached hydrogen (secondary N) is 1. The Morgan fingerprint density at radius 3 is 2.95 bits per heavy atom. The highest BCUT2D eigenvalue weighted by atomic mass is 35.5. The molecule has 2 aromatic rings. The van der Waals surface area contributed by atoms with Gasteiger partial charge in [0, 0.05) is 11.4 Å². The Morgan fingerprint density at radius 1 is 1.53 bits per heavy atom. The van der Waals surface area contributed by atoms with Gasteiger partial charge in [-0.3, -0.25) is 4.79 Å². The molecule has 0 aliphatic carbocycles. The molecule has 0 saturated carbocycles. The van der Waals surface area contributed by atoms with Crippen molar-refractivity contribution in [1.29, 1.82) is 0 Å². The molecule has 0 spiro atoms. The minimum atomic E-state index is -0.757. The smallest absolute Gasteiger partial charge is 0.265 e. The molecule has 2 aromatic heterocycles. The molecule has 102 valence electrons. The van der Waals surface area contributed by atoms with Crippen LogP contribution in [0.2, 0.25) is 4.34 Å². The summed E-state index contributed by atoms with van der Waals surface area (Å²) < 4.78 is 5.68. The normalized spacial score (nSPS) is 12.2. The second-order valence-electron chi connectivity index (χ2n) is 3.69. The zero-order valence-corrected chi connectivity index (χ0v) is 12.4. The van der Waals surface area contributed by atoms with Crippen molar-refractivity contribution >= 4 is 40.2 Å². The van der Waals surface area contributed by atoms with Crippen LogP contribution in [0.4, 0.5) is 0 Å². The summed E-state index contributed by atoms with van der Waals surface area (Å²) in [4.78, 5) is 13.1. The van der Waals surface area contributed by atoms with Gasteiger partial charge < -0.3 is 15.2 Å². The topological polar surface area (TPSA) is 58.6 Å². The highest BCUT2D eigenvalue weighted by molar-refractivity contribution is 7.16. The number of halogens is 1. The van der Waals surface area contributed by atoms with Gasteiger partial charge in [-0.25, -0.2) is 0 Å². The number of aliphatic hydroxyl groups excluding tert-OH is 1. The third-order valence-electron chi connectivity index (χ3n) is 2.43. The molecule has 2 rings (SSSR count). The number of thiophene rings is 2. The monoisotopic (exact) mass is 317 g/mol. The molecule has 0 saturated heterocycles. The largest absolute Gasteiger partial charge is 0.495 e. The van der Waals surface area contributed by atoms with Crippen LogP contribution in [0.25, 0.3) is 0 Å². The highest BCUT2D eigenvalue weighted by Gasteiger charge is 2.16. The van der Waals surface area contributed by atoms with E-state index in [0.29, 0.717) is 15.0 Å². The summed E-state index contributed by atoms with van der Waals surface area (Å²) in [7, 11) is 1.52. The van der Waals surface area contributed by atoms with Crippen molar-refractivity contribution in [1.82, 2.24) is 5.32 Å². The molecule has 0 aliphatic heterocycles. The lowest BCUT2D eigenvalue weighted by atomic mass is 10.3. The molecule has 0 aliphatic rings. The molecule has 0 aromatic carbocycles. The Kier molecular flexibility index (Phi) is 4.81. The fraction of sp³-hybridized carbons (Fsp3) is 0.250. The number of hydrogen-bond acceptors (Lipinski definition) is 5. The summed E-state index contributed by atoms with van der Waals surface area (Å²) in [6.45, 7) is 0.136. The first-order valence-electron chi connectivity index (χ1n) is 5.44. The molecule has 1 atom stereocenters. The van der Waals surface area contributed by atoms with Crippen molar-refractivity contribution in [2.24, 2.45) is 0 Å². The van der Waals surface area contributed by atoms with Gasteiger partial charge in [0.2, 0.25) is 0 Å². The highest BCUT2D eigenvalue weighted by Crippen LogP contribution is 2.27. The number of amides is 1. The third kappa shape index (κ3) is 3.48. The van der Waals surface area contributed by atoms with Crippen LogP contribution in [0, 0.1) is 0 Å². The first-order chi connectivity index (χ1) is 9.11. The van der Waals surface area contributed by atoms with E-state index < -0.39 is 6.10 Å². The van der Waals surface area contributed by atoms with E-state index >= 15 is 0 Å². The zero-order valence-electron chi connectivity index (χ0n) is 10.1. The third-order valence-corrected chi connectivity index (χ3v) is 4.66. The fourth-order valence-electron chi connectivity index (χ4n) is 1.50. The van der Waals surface area contributed by atoms with E-state index in [1.165, 1.54) is 29.8 Å². The van der Waals surface area contributed by atoms with Crippen LogP contribution in [-0.2, 0) is 0 Å². The lowest BCUT2D eigenvalue weighted by Gasteiger charge is -2.10. The van der Waals surface area contributed by atoms with Crippen LogP contribution in [0.15, 0.2) is 23.6 Å². The summed E-state index contributed by atoms with van der Waals surface area (Å²) in [6.07, 6.45) is -0.757. The molecule has 0 unspecified atom stereocenters. The van der Waals surface area contributed by atoms with Gasteiger partial charge in [-0.15, -0.1) is 22.7 Å².